The fraction of sp³-hybridized carbons (Fsp3) is 0.417. The highest BCUT2D eigenvalue weighted by Gasteiger charge is 2.33. The van der Waals surface area contributed by atoms with Crippen LogP contribution in [0.15, 0.2) is 24.3 Å². The summed E-state index contributed by atoms with van der Waals surface area (Å²) >= 11 is 1.67. The highest BCUT2D eigenvalue weighted by Crippen LogP contribution is 2.39. The predicted octanol–water partition coefficient (Wildman–Crippen LogP) is 2.31. The van der Waals surface area contributed by atoms with Crippen molar-refractivity contribution in [2.45, 2.75) is 12.3 Å². The Kier molecular flexibility index (Phi) is 3.39. The molecule has 0 radical (unpaired) electrons. The van der Waals surface area contributed by atoms with Crippen molar-refractivity contribution in [1.82, 2.24) is 0 Å². The lowest BCUT2D eigenvalue weighted by atomic mass is 9.84. The van der Waals surface area contributed by atoms with E-state index < -0.39 is 5.97 Å². The van der Waals surface area contributed by atoms with Crippen molar-refractivity contribution in [3.05, 3.63) is 29.8 Å². The molecular weight excluding hydrogens is 224 g/mol. The largest absolute Gasteiger partial charge is 0.508 e. The molecule has 0 saturated carbocycles. The molecule has 0 bridgehead atoms. The standard InChI is InChI=1S/C12H14O3S/c13-11-4-2-1-3-9(11)8-5-6-16-7-10(8)12(14)15/h1-4,8,10,13H,5-7H2,(H,14,15). The molecule has 1 fully saturated rings. The lowest BCUT2D eigenvalue weighted by molar-refractivity contribution is -0.141. The summed E-state index contributed by atoms with van der Waals surface area (Å²) in [6, 6.07) is 7.05. The Morgan fingerprint density at radius 1 is 1.38 bits per heavy atom. The van der Waals surface area contributed by atoms with Crippen LogP contribution in [0.25, 0.3) is 0 Å². The number of phenols is 1. The zero-order chi connectivity index (χ0) is 11.5. The third kappa shape index (κ3) is 2.16. The van der Waals surface area contributed by atoms with Crippen molar-refractivity contribution in [2.75, 3.05) is 11.5 Å². The van der Waals surface area contributed by atoms with Gasteiger partial charge in [-0.2, -0.15) is 11.8 Å². The van der Waals surface area contributed by atoms with Crippen molar-refractivity contribution in [3.8, 4) is 5.75 Å². The lowest BCUT2D eigenvalue weighted by Crippen LogP contribution is -2.28. The van der Waals surface area contributed by atoms with Crippen molar-refractivity contribution < 1.29 is 15.0 Å². The zero-order valence-corrected chi connectivity index (χ0v) is 9.61. The number of hydrogen-bond acceptors (Lipinski definition) is 3. The first-order valence-corrected chi connectivity index (χ1v) is 6.44. The second-order valence-electron chi connectivity index (χ2n) is 3.97. The highest BCUT2D eigenvalue weighted by atomic mass is 32.2. The summed E-state index contributed by atoms with van der Waals surface area (Å²) in [5.74, 6) is 0.606. The first kappa shape index (κ1) is 11.3. The van der Waals surface area contributed by atoms with Crippen LogP contribution in [0.2, 0.25) is 0 Å². The molecule has 1 saturated heterocycles. The maximum absolute atomic E-state index is 11.2. The van der Waals surface area contributed by atoms with Gasteiger partial charge < -0.3 is 10.2 Å². The number of benzene rings is 1. The number of carboxylic acid groups (broad SMARTS) is 1. The fourth-order valence-corrected chi connectivity index (χ4v) is 3.37. The summed E-state index contributed by atoms with van der Waals surface area (Å²) in [7, 11) is 0. The number of aromatic hydroxyl groups is 1. The van der Waals surface area contributed by atoms with Crippen LogP contribution in [-0.2, 0) is 4.79 Å². The van der Waals surface area contributed by atoms with Gasteiger partial charge in [0.2, 0.25) is 0 Å². The molecule has 0 spiro atoms. The van der Waals surface area contributed by atoms with E-state index in [9.17, 15) is 9.90 Å². The molecule has 2 atom stereocenters. The average Bonchev–Trinajstić information content (AvgIpc) is 2.29. The smallest absolute Gasteiger partial charge is 0.307 e. The Morgan fingerprint density at radius 3 is 2.81 bits per heavy atom. The molecule has 0 amide bonds. The molecule has 0 aromatic heterocycles. The van der Waals surface area contributed by atoms with Gasteiger partial charge in [-0.05, 0) is 23.8 Å². The highest BCUT2D eigenvalue weighted by molar-refractivity contribution is 7.99. The van der Waals surface area contributed by atoms with Gasteiger partial charge in [0.15, 0.2) is 0 Å². The average molecular weight is 238 g/mol. The molecule has 86 valence electrons. The predicted molar refractivity (Wildman–Crippen MR) is 63.9 cm³/mol. The molecule has 1 aliphatic rings. The SMILES string of the molecule is O=C(O)C1CSCCC1c1ccccc1O. The van der Waals surface area contributed by atoms with Gasteiger partial charge in [-0.1, -0.05) is 18.2 Å². The van der Waals surface area contributed by atoms with Crippen LogP contribution in [-0.4, -0.2) is 27.7 Å². The number of phenolic OH excluding ortho intramolecular Hbond substituents is 1. The Balaban J connectivity index is 2.30. The number of hydrogen-bond donors (Lipinski definition) is 2. The molecule has 1 heterocycles. The molecule has 2 rings (SSSR count). The molecule has 1 aromatic rings. The second kappa shape index (κ2) is 4.78. The quantitative estimate of drug-likeness (QED) is 0.830. The van der Waals surface area contributed by atoms with E-state index in [1.54, 1.807) is 23.9 Å². The van der Waals surface area contributed by atoms with E-state index in [4.69, 9.17) is 5.11 Å². The van der Waals surface area contributed by atoms with E-state index in [1.807, 2.05) is 12.1 Å². The van der Waals surface area contributed by atoms with Crippen molar-refractivity contribution in [1.29, 1.82) is 0 Å². The van der Waals surface area contributed by atoms with E-state index >= 15 is 0 Å². The van der Waals surface area contributed by atoms with Gasteiger partial charge >= 0.3 is 5.97 Å². The van der Waals surface area contributed by atoms with Crippen LogP contribution < -0.4 is 0 Å². The van der Waals surface area contributed by atoms with Gasteiger partial charge in [-0.15, -0.1) is 0 Å². The maximum Gasteiger partial charge on any atom is 0.307 e. The molecule has 0 aliphatic carbocycles. The summed E-state index contributed by atoms with van der Waals surface area (Å²) in [5.41, 5.74) is 0.773. The first-order chi connectivity index (χ1) is 7.70. The summed E-state index contributed by atoms with van der Waals surface area (Å²) in [5, 5.41) is 18.9. The van der Waals surface area contributed by atoms with E-state index in [0.29, 0.717) is 5.75 Å². The van der Waals surface area contributed by atoms with E-state index in [0.717, 1.165) is 17.7 Å². The van der Waals surface area contributed by atoms with Crippen LogP contribution in [0, 0.1) is 5.92 Å². The maximum atomic E-state index is 11.2. The Hall–Kier alpha value is -1.16. The van der Waals surface area contributed by atoms with Crippen molar-refractivity contribution in [2.24, 2.45) is 5.92 Å². The molecule has 2 N–H and O–H groups in total. The van der Waals surface area contributed by atoms with Crippen molar-refractivity contribution >= 4 is 17.7 Å². The number of rotatable bonds is 2. The summed E-state index contributed by atoms with van der Waals surface area (Å²) in [6.45, 7) is 0. The van der Waals surface area contributed by atoms with Gasteiger partial charge in [-0.3, -0.25) is 4.79 Å². The summed E-state index contributed by atoms with van der Waals surface area (Å²) in [4.78, 5) is 11.2. The molecule has 16 heavy (non-hydrogen) atoms. The summed E-state index contributed by atoms with van der Waals surface area (Å²) in [6.07, 6.45) is 0.819. The number of thioether (sulfide) groups is 1. The second-order valence-corrected chi connectivity index (χ2v) is 5.12. The molecular formula is C12H14O3S. The number of carbonyl (C=O) groups is 1. The number of aliphatic carboxylic acids is 1. The van der Waals surface area contributed by atoms with Crippen LogP contribution in [0.3, 0.4) is 0 Å². The molecule has 1 aromatic carbocycles. The van der Waals surface area contributed by atoms with Gasteiger partial charge in [0.1, 0.15) is 5.75 Å². The van der Waals surface area contributed by atoms with E-state index in [-0.39, 0.29) is 17.6 Å². The minimum atomic E-state index is -0.763. The third-order valence-electron chi connectivity index (χ3n) is 3.01. The summed E-state index contributed by atoms with van der Waals surface area (Å²) < 4.78 is 0. The van der Waals surface area contributed by atoms with Crippen LogP contribution in [0.5, 0.6) is 5.75 Å². The minimum absolute atomic E-state index is 0.0556. The fourth-order valence-electron chi connectivity index (χ4n) is 2.15. The lowest BCUT2D eigenvalue weighted by Gasteiger charge is -2.28. The first-order valence-electron chi connectivity index (χ1n) is 5.28. The molecule has 2 unspecified atom stereocenters. The van der Waals surface area contributed by atoms with E-state index in [2.05, 4.69) is 0 Å². The molecule has 1 aliphatic heterocycles. The zero-order valence-electron chi connectivity index (χ0n) is 8.80. The normalized spacial score (nSPS) is 25.2. The Morgan fingerprint density at radius 2 is 2.12 bits per heavy atom. The topological polar surface area (TPSA) is 57.5 Å². The Bertz CT molecular complexity index is 392. The molecule has 4 heteroatoms. The minimum Gasteiger partial charge on any atom is -0.508 e. The monoisotopic (exact) mass is 238 g/mol. The van der Waals surface area contributed by atoms with Gasteiger partial charge in [-0.25, -0.2) is 0 Å². The van der Waals surface area contributed by atoms with Gasteiger partial charge in [0.25, 0.3) is 0 Å². The van der Waals surface area contributed by atoms with Crippen LogP contribution >= 0.6 is 11.8 Å². The van der Waals surface area contributed by atoms with E-state index in [1.165, 1.54) is 0 Å². The van der Waals surface area contributed by atoms with Crippen LogP contribution in [0.4, 0.5) is 0 Å². The third-order valence-corrected chi connectivity index (χ3v) is 4.13. The number of carboxylic acids is 1. The van der Waals surface area contributed by atoms with Gasteiger partial charge in [0, 0.05) is 11.7 Å². The van der Waals surface area contributed by atoms with Crippen molar-refractivity contribution in [3.63, 3.8) is 0 Å². The van der Waals surface area contributed by atoms with Gasteiger partial charge in [0.05, 0.1) is 5.92 Å². The molecule has 3 nitrogen and oxygen atoms in total. The van der Waals surface area contributed by atoms with Crippen LogP contribution in [0.1, 0.15) is 17.9 Å². The number of para-hydroxylation sites is 1. The Labute approximate surface area is 98.5 Å².